The molecule has 2 aromatic rings. The largest absolute Gasteiger partial charge is 0.398 e. The zero-order chi connectivity index (χ0) is 15.6. The average Bonchev–Trinajstić information content (AvgIpc) is 2.43. The molecule has 0 aliphatic rings. The number of hydrogen-bond donors (Lipinski definition) is 2. The van der Waals surface area contributed by atoms with Crippen molar-refractivity contribution in [1.82, 2.24) is 0 Å². The molecule has 0 aliphatic carbocycles. The molecular weight excluding hydrogens is 294 g/mol. The molecule has 2 rings (SSSR count). The normalized spacial score (nSPS) is 10.2. The predicted octanol–water partition coefficient (Wildman–Crippen LogP) is 3.39. The summed E-state index contributed by atoms with van der Waals surface area (Å²) < 4.78 is 0. The highest BCUT2D eigenvalue weighted by Crippen LogP contribution is 2.26. The monoisotopic (exact) mass is 305 g/mol. The first kappa shape index (κ1) is 14.8. The Balaban J connectivity index is 2.29. The van der Waals surface area contributed by atoms with Crippen molar-refractivity contribution in [1.29, 1.82) is 0 Å². The van der Waals surface area contributed by atoms with Crippen molar-refractivity contribution in [2.45, 2.75) is 6.92 Å². The van der Waals surface area contributed by atoms with Crippen LogP contribution in [-0.4, -0.2) is 10.8 Å². The van der Waals surface area contributed by atoms with Crippen LogP contribution in [0.1, 0.15) is 15.9 Å². The van der Waals surface area contributed by atoms with E-state index in [1.54, 1.807) is 13.0 Å². The minimum Gasteiger partial charge on any atom is -0.398 e. The van der Waals surface area contributed by atoms with Gasteiger partial charge in [0.1, 0.15) is 0 Å². The Bertz CT molecular complexity index is 731. The second kappa shape index (κ2) is 5.80. The first-order valence-corrected chi connectivity index (χ1v) is 6.38. The number of nitrogens with zero attached hydrogens (tertiary/aromatic N) is 1. The van der Waals surface area contributed by atoms with Crippen LogP contribution in [0, 0.1) is 17.0 Å². The molecule has 21 heavy (non-hydrogen) atoms. The molecule has 1 amide bonds. The number of carbonyl (C=O) groups is 1. The molecule has 0 aromatic heterocycles. The molecule has 0 radical (unpaired) electrons. The van der Waals surface area contributed by atoms with Gasteiger partial charge < -0.3 is 11.1 Å². The van der Waals surface area contributed by atoms with Gasteiger partial charge in [-0.2, -0.15) is 0 Å². The van der Waals surface area contributed by atoms with Gasteiger partial charge >= 0.3 is 0 Å². The van der Waals surface area contributed by atoms with Crippen LogP contribution < -0.4 is 11.1 Å². The molecule has 0 saturated heterocycles. The van der Waals surface area contributed by atoms with Crippen LogP contribution in [0.3, 0.4) is 0 Å². The standard InChI is InChI=1S/C14H12ClN3O3/c1-8-12(3-2-4-13(8)18(20)21)17-14(19)9-5-6-10(15)11(16)7-9/h2-7H,16H2,1H3,(H,17,19). The summed E-state index contributed by atoms with van der Waals surface area (Å²) >= 11 is 5.79. The zero-order valence-corrected chi connectivity index (χ0v) is 11.8. The number of nitrogen functional groups attached to an aromatic ring is 1. The molecule has 0 saturated carbocycles. The molecule has 0 fully saturated rings. The van der Waals surface area contributed by atoms with E-state index in [1.165, 1.54) is 30.3 Å². The third kappa shape index (κ3) is 3.11. The first-order valence-electron chi connectivity index (χ1n) is 6.00. The lowest BCUT2D eigenvalue weighted by atomic mass is 10.1. The van der Waals surface area contributed by atoms with E-state index in [0.29, 0.717) is 27.5 Å². The Morgan fingerprint density at radius 2 is 2.05 bits per heavy atom. The Labute approximate surface area is 125 Å². The second-order valence-electron chi connectivity index (χ2n) is 4.40. The molecule has 0 aliphatic heterocycles. The van der Waals surface area contributed by atoms with Gasteiger partial charge in [0, 0.05) is 11.6 Å². The van der Waals surface area contributed by atoms with E-state index >= 15 is 0 Å². The summed E-state index contributed by atoms with van der Waals surface area (Å²) in [6.45, 7) is 1.57. The van der Waals surface area contributed by atoms with Crippen LogP contribution in [0.15, 0.2) is 36.4 Å². The molecule has 108 valence electrons. The van der Waals surface area contributed by atoms with Crippen molar-refractivity contribution in [3.63, 3.8) is 0 Å². The van der Waals surface area contributed by atoms with Crippen LogP contribution in [0.5, 0.6) is 0 Å². The summed E-state index contributed by atoms with van der Waals surface area (Å²) in [5, 5.41) is 13.9. The predicted molar refractivity (Wildman–Crippen MR) is 81.7 cm³/mol. The summed E-state index contributed by atoms with van der Waals surface area (Å²) in [5.41, 5.74) is 6.97. The van der Waals surface area contributed by atoms with Gasteiger partial charge in [0.25, 0.3) is 11.6 Å². The Morgan fingerprint density at radius 3 is 2.67 bits per heavy atom. The van der Waals surface area contributed by atoms with Crippen LogP contribution in [0.4, 0.5) is 17.1 Å². The lowest BCUT2D eigenvalue weighted by molar-refractivity contribution is -0.385. The summed E-state index contributed by atoms with van der Waals surface area (Å²) in [7, 11) is 0. The van der Waals surface area contributed by atoms with Crippen LogP contribution >= 0.6 is 11.6 Å². The summed E-state index contributed by atoms with van der Waals surface area (Å²) in [5.74, 6) is -0.415. The van der Waals surface area contributed by atoms with E-state index in [1.807, 2.05) is 0 Å². The summed E-state index contributed by atoms with van der Waals surface area (Å²) in [6.07, 6.45) is 0. The highest BCUT2D eigenvalue weighted by Gasteiger charge is 2.15. The minimum atomic E-state index is -0.495. The molecule has 0 atom stereocenters. The number of rotatable bonds is 3. The highest BCUT2D eigenvalue weighted by atomic mass is 35.5. The van der Waals surface area contributed by atoms with Gasteiger partial charge in [-0.15, -0.1) is 0 Å². The topological polar surface area (TPSA) is 98.3 Å². The van der Waals surface area contributed by atoms with Crippen LogP contribution in [0.2, 0.25) is 5.02 Å². The lowest BCUT2D eigenvalue weighted by Crippen LogP contribution is -2.13. The van der Waals surface area contributed by atoms with Crippen LogP contribution in [0.25, 0.3) is 0 Å². The fraction of sp³-hybridized carbons (Fsp3) is 0.0714. The molecule has 0 spiro atoms. The van der Waals surface area contributed by atoms with E-state index in [-0.39, 0.29) is 5.69 Å². The molecule has 7 heteroatoms. The molecule has 3 N–H and O–H groups in total. The first-order chi connectivity index (χ1) is 9.90. The third-order valence-corrected chi connectivity index (χ3v) is 3.35. The second-order valence-corrected chi connectivity index (χ2v) is 4.80. The van der Waals surface area contributed by atoms with Gasteiger partial charge in [0.2, 0.25) is 0 Å². The maximum atomic E-state index is 12.1. The molecule has 0 unspecified atom stereocenters. The number of nitro benzene ring substituents is 1. The van der Waals surface area contributed by atoms with Crippen molar-refractivity contribution in [3.05, 3.63) is 62.7 Å². The van der Waals surface area contributed by atoms with E-state index in [0.717, 1.165) is 0 Å². The Morgan fingerprint density at radius 1 is 1.33 bits per heavy atom. The number of anilines is 2. The third-order valence-electron chi connectivity index (χ3n) is 3.01. The number of halogens is 1. The fourth-order valence-electron chi connectivity index (χ4n) is 1.84. The number of nitrogens with two attached hydrogens (primary N) is 1. The molecule has 6 nitrogen and oxygen atoms in total. The number of carbonyl (C=O) groups excluding carboxylic acids is 1. The summed E-state index contributed by atoms with van der Waals surface area (Å²) in [4.78, 5) is 22.5. The molecule has 0 heterocycles. The average molecular weight is 306 g/mol. The van der Waals surface area contributed by atoms with Crippen molar-refractivity contribution in [3.8, 4) is 0 Å². The Kier molecular flexibility index (Phi) is 4.09. The number of nitrogens with one attached hydrogen (secondary N) is 1. The maximum absolute atomic E-state index is 12.1. The van der Waals surface area contributed by atoms with E-state index in [9.17, 15) is 14.9 Å². The minimum absolute atomic E-state index is 0.0524. The molecular formula is C14H12ClN3O3. The highest BCUT2D eigenvalue weighted by molar-refractivity contribution is 6.33. The number of amides is 1. The van der Waals surface area contributed by atoms with Gasteiger partial charge in [0.05, 0.1) is 26.9 Å². The van der Waals surface area contributed by atoms with Crippen molar-refractivity contribution >= 4 is 34.6 Å². The van der Waals surface area contributed by atoms with E-state index in [2.05, 4.69) is 5.32 Å². The SMILES string of the molecule is Cc1c(NC(=O)c2ccc(Cl)c(N)c2)cccc1[N+](=O)[O-]. The van der Waals surface area contributed by atoms with Gasteiger partial charge in [-0.25, -0.2) is 0 Å². The molecule has 2 aromatic carbocycles. The number of benzene rings is 2. The van der Waals surface area contributed by atoms with Crippen molar-refractivity contribution < 1.29 is 9.72 Å². The van der Waals surface area contributed by atoms with Gasteiger partial charge in [-0.05, 0) is 31.2 Å². The Hall–Kier alpha value is -2.60. The van der Waals surface area contributed by atoms with Crippen molar-refractivity contribution in [2.24, 2.45) is 0 Å². The van der Waals surface area contributed by atoms with E-state index < -0.39 is 10.8 Å². The van der Waals surface area contributed by atoms with Crippen molar-refractivity contribution in [2.75, 3.05) is 11.1 Å². The van der Waals surface area contributed by atoms with Gasteiger partial charge in [-0.3, -0.25) is 14.9 Å². The lowest BCUT2D eigenvalue weighted by Gasteiger charge is -2.09. The van der Waals surface area contributed by atoms with Gasteiger partial charge in [0.15, 0.2) is 0 Å². The summed E-state index contributed by atoms with van der Waals surface area (Å²) in [6, 6.07) is 8.99. The van der Waals surface area contributed by atoms with Gasteiger partial charge in [-0.1, -0.05) is 17.7 Å². The van der Waals surface area contributed by atoms with E-state index in [4.69, 9.17) is 17.3 Å². The maximum Gasteiger partial charge on any atom is 0.274 e. The van der Waals surface area contributed by atoms with Crippen LogP contribution in [-0.2, 0) is 0 Å². The number of hydrogen-bond acceptors (Lipinski definition) is 4. The zero-order valence-electron chi connectivity index (χ0n) is 11.1. The fourth-order valence-corrected chi connectivity index (χ4v) is 1.95. The number of nitro groups is 1. The molecule has 0 bridgehead atoms. The quantitative estimate of drug-likeness (QED) is 0.516. The smallest absolute Gasteiger partial charge is 0.274 e.